The highest BCUT2D eigenvalue weighted by Gasteiger charge is 2.16. The molecule has 0 aromatic heterocycles. The standard InChI is InChI=1S/C18H37N/c1-2-3-4-5-6-7-8-12-15-18(19)16-17-13-10-9-11-14-17/h17-18H,2-16,19H2,1H3. The Morgan fingerprint density at radius 1 is 0.842 bits per heavy atom. The van der Waals surface area contributed by atoms with E-state index < -0.39 is 0 Å². The first-order valence-electron chi connectivity index (χ1n) is 9.08. The van der Waals surface area contributed by atoms with Crippen molar-refractivity contribution < 1.29 is 0 Å². The Labute approximate surface area is 121 Å². The molecule has 2 N–H and O–H groups in total. The normalized spacial score (nSPS) is 18.6. The van der Waals surface area contributed by atoms with E-state index in [2.05, 4.69) is 6.92 Å². The van der Waals surface area contributed by atoms with Crippen LogP contribution in [-0.2, 0) is 0 Å². The molecule has 1 rings (SSSR count). The maximum absolute atomic E-state index is 6.28. The summed E-state index contributed by atoms with van der Waals surface area (Å²) in [5, 5.41) is 0. The monoisotopic (exact) mass is 267 g/mol. The van der Waals surface area contributed by atoms with Crippen molar-refractivity contribution in [3.8, 4) is 0 Å². The number of hydrogen-bond acceptors (Lipinski definition) is 1. The van der Waals surface area contributed by atoms with Crippen molar-refractivity contribution in [2.75, 3.05) is 0 Å². The maximum Gasteiger partial charge on any atom is 0.00414 e. The number of hydrogen-bond donors (Lipinski definition) is 1. The van der Waals surface area contributed by atoms with Crippen LogP contribution in [0.25, 0.3) is 0 Å². The third-order valence-corrected chi connectivity index (χ3v) is 4.79. The SMILES string of the molecule is CCCCCCCCCCC(N)CC1CCCCC1. The lowest BCUT2D eigenvalue weighted by Gasteiger charge is -2.24. The molecule has 0 amide bonds. The Morgan fingerprint density at radius 2 is 1.42 bits per heavy atom. The Kier molecular flexibility index (Phi) is 10.5. The van der Waals surface area contributed by atoms with E-state index in [1.165, 1.54) is 96.3 Å². The fourth-order valence-corrected chi connectivity index (χ4v) is 3.51. The van der Waals surface area contributed by atoms with Crippen molar-refractivity contribution in [1.82, 2.24) is 0 Å². The van der Waals surface area contributed by atoms with Crippen LogP contribution in [0.2, 0.25) is 0 Å². The van der Waals surface area contributed by atoms with E-state index in [1.54, 1.807) is 0 Å². The smallest absolute Gasteiger partial charge is 0.00414 e. The van der Waals surface area contributed by atoms with Crippen molar-refractivity contribution in [1.29, 1.82) is 0 Å². The predicted molar refractivity (Wildman–Crippen MR) is 86.4 cm³/mol. The van der Waals surface area contributed by atoms with E-state index in [4.69, 9.17) is 5.73 Å². The zero-order valence-electron chi connectivity index (χ0n) is 13.3. The summed E-state index contributed by atoms with van der Waals surface area (Å²) in [6.07, 6.45) is 21.2. The van der Waals surface area contributed by atoms with Crippen LogP contribution in [0.5, 0.6) is 0 Å². The van der Waals surface area contributed by atoms with Crippen molar-refractivity contribution in [2.24, 2.45) is 11.7 Å². The van der Waals surface area contributed by atoms with Gasteiger partial charge in [0.15, 0.2) is 0 Å². The molecule has 1 nitrogen and oxygen atoms in total. The quantitative estimate of drug-likeness (QED) is 0.469. The molecule has 1 atom stereocenters. The van der Waals surface area contributed by atoms with Gasteiger partial charge in [0.05, 0.1) is 0 Å². The van der Waals surface area contributed by atoms with Gasteiger partial charge in [-0.2, -0.15) is 0 Å². The lowest BCUT2D eigenvalue weighted by atomic mass is 9.84. The molecular weight excluding hydrogens is 230 g/mol. The Hall–Kier alpha value is -0.0400. The van der Waals surface area contributed by atoms with Gasteiger partial charge in [-0.15, -0.1) is 0 Å². The highest BCUT2D eigenvalue weighted by atomic mass is 14.6. The van der Waals surface area contributed by atoms with E-state index in [0.717, 1.165) is 5.92 Å². The molecule has 0 heterocycles. The van der Waals surface area contributed by atoms with E-state index in [9.17, 15) is 0 Å². The van der Waals surface area contributed by atoms with Gasteiger partial charge in [0.2, 0.25) is 0 Å². The molecule has 0 bridgehead atoms. The van der Waals surface area contributed by atoms with Gasteiger partial charge in [-0.3, -0.25) is 0 Å². The summed E-state index contributed by atoms with van der Waals surface area (Å²) in [6, 6.07) is 0.489. The molecule has 1 aliphatic rings. The second-order valence-corrected chi connectivity index (χ2v) is 6.76. The highest BCUT2D eigenvalue weighted by molar-refractivity contribution is 4.72. The fourth-order valence-electron chi connectivity index (χ4n) is 3.51. The third kappa shape index (κ3) is 9.49. The first kappa shape index (κ1) is 17.0. The van der Waals surface area contributed by atoms with Gasteiger partial charge in [0.25, 0.3) is 0 Å². The predicted octanol–water partition coefficient (Wildman–Crippen LogP) is 5.81. The number of nitrogens with two attached hydrogens (primary N) is 1. The van der Waals surface area contributed by atoms with Crippen LogP contribution < -0.4 is 5.73 Å². The molecule has 1 heteroatoms. The third-order valence-electron chi connectivity index (χ3n) is 4.79. The second kappa shape index (κ2) is 11.8. The Morgan fingerprint density at radius 3 is 2.05 bits per heavy atom. The first-order valence-corrected chi connectivity index (χ1v) is 9.08. The minimum Gasteiger partial charge on any atom is -0.328 e. The zero-order valence-corrected chi connectivity index (χ0v) is 13.3. The minimum absolute atomic E-state index is 0.489. The highest BCUT2D eigenvalue weighted by Crippen LogP contribution is 2.27. The van der Waals surface area contributed by atoms with Crippen molar-refractivity contribution in [3.05, 3.63) is 0 Å². The van der Waals surface area contributed by atoms with E-state index >= 15 is 0 Å². The number of rotatable bonds is 11. The van der Waals surface area contributed by atoms with Crippen LogP contribution in [0.3, 0.4) is 0 Å². The zero-order chi connectivity index (χ0) is 13.8. The van der Waals surface area contributed by atoms with Crippen molar-refractivity contribution in [2.45, 2.75) is 109 Å². The summed E-state index contributed by atoms with van der Waals surface area (Å²) < 4.78 is 0. The minimum atomic E-state index is 0.489. The van der Waals surface area contributed by atoms with Crippen molar-refractivity contribution in [3.63, 3.8) is 0 Å². The summed E-state index contributed by atoms with van der Waals surface area (Å²) in [7, 11) is 0. The molecule has 0 radical (unpaired) electrons. The molecule has 1 aliphatic carbocycles. The van der Waals surface area contributed by atoms with Crippen LogP contribution in [0.1, 0.15) is 103 Å². The van der Waals surface area contributed by atoms with Gasteiger partial charge in [0.1, 0.15) is 0 Å². The molecule has 0 saturated heterocycles. The lowest BCUT2D eigenvalue weighted by molar-refractivity contribution is 0.309. The van der Waals surface area contributed by atoms with E-state index in [1.807, 2.05) is 0 Å². The summed E-state index contributed by atoms with van der Waals surface area (Å²) in [6.45, 7) is 2.29. The van der Waals surface area contributed by atoms with E-state index in [0.29, 0.717) is 6.04 Å². The maximum atomic E-state index is 6.28. The second-order valence-electron chi connectivity index (χ2n) is 6.76. The first-order chi connectivity index (χ1) is 9.33. The van der Waals surface area contributed by atoms with Gasteiger partial charge in [0, 0.05) is 6.04 Å². The molecule has 1 unspecified atom stereocenters. The molecule has 1 saturated carbocycles. The largest absolute Gasteiger partial charge is 0.328 e. The van der Waals surface area contributed by atoms with Gasteiger partial charge < -0.3 is 5.73 Å². The molecule has 0 aromatic carbocycles. The van der Waals surface area contributed by atoms with Gasteiger partial charge in [-0.05, 0) is 18.8 Å². The summed E-state index contributed by atoms with van der Waals surface area (Å²) >= 11 is 0. The van der Waals surface area contributed by atoms with Gasteiger partial charge in [-0.1, -0.05) is 90.4 Å². The van der Waals surface area contributed by atoms with Crippen LogP contribution >= 0.6 is 0 Å². The van der Waals surface area contributed by atoms with E-state index in [-0.39, 0.29) is 0 Å². The number of unbranched alkanes of at least 4 members (excludes halogenated alkanes) is 7. The fraction of sp³-hybridized carbons (Fsp3) is 1.00. The molecule has 1 fully saturated rings. The molecular formula is C18H37N. The molecule has 0 aromatic rings. The summed E-state index contributed by atoms with van der Waals surface area (Å²) in [5.74, 6) is 0.956. The van der Waals surface area contributed by atoms with Crippen molar-refractivity contribution >= 4 is 0 Å². The Balaban J connectivity index is 1.85. The Bertz CT molecular complexity index is 184. The van der Waals surface area contributed by atoms with Crippen LogP contribution in [-0.4, -0.2) is 6.04 Å². The van der Waals surface area contributed by atoms with Gasteiger partial charge in [-0.25, -0.2) is 0 Å². The molecule has 19 heavy (non-hydrogen) atoms. The summed E-state index contributed by atoms with van der Waals surface area (Å²) in [5.41, 5.74) is 6.28. The summed E-state index contributed by atoms with van der Waals surface area (Å²) in [4.78, 5) is 0. The average molecular weight is 268 g/mol. The molecule has 0 spiro atoms. The average Bonchev–Trinajstić information content (AvgIpc) is 2.43. The van der Waals surface area contributed by atoms with Gasteiger partial charge >= 0.3 is 0 Å². The topological polar surface area (TPSA) is 26.0 Å². The van der Waals surface area contributed by atoms with Crippen LogP contribution in [0.4, 0.5) is 0 Å². The van der Waals surface area contributed by atoms with Crippen LogP contribution in [0, 0.1) is 5.92 Å². The molecule has 114 valence electrons. The molecule has 0 aliphatic heterocycles. The lowest BCUT2D eigenvalue weighted by Crippen LogP contribution is -2.24. The van der Waals surface area contributed by atoms with Crippen LogP contribution in [0.15, 0.2) is 0 Å².